The molecule has 0 radical (unpaired) electrons. The molecular weight excluding hydrogens is 348 g/mol. The van der Waals surface area contributed by atoms with E-state index >= 15 is 0 Å². The molecule has 0 bridgehead atoms. The van der Waals surface area contributed by atoms with Gasteiger partial charge in [-0.15, -0.1) is 0 Å². The molecule has 4 heterocycles. The lowest BCUT2D eigenvalue weighted by Gasteiger charge is -2.35. The zero-order valence-corrected chi connectivity index (χ0v) is 15.3. The summed E-state index contributed by atoms with van der Waals surface area (Å²) in [6.07, 6.45) is 5.56. The number of hydrogen-bond donors (Lipinski definition) is 0. The topological polar surface area (TPSA) is 97.5 Å². The van der Waals surface area contributed by atoms with Gasteiger partial charge in [-0.2, -0.15) is 4.98 Å². The minimum Gasteiger partial charge on any atom is -0.480 e. The van der Waals surface area contributed by atoms with E-state index in [2.05, 4.69) is 25.0 Å². The lowest BCUT2D eigenvalue weighted by molar-refractivity contribution is 0.0746. The van der Waals surface area contributed by atoms with Crippen LogP contribution in [0.1, 0.15) is 23.0 Å². The number of carbonyl (C=O) groups is 1. The molecule has 1 saturated heterocycles. The molecule has 140 valence electrons. The van der Waals surface area contributed by atoms with Crippen LogP contribution in [0.2, 0.25) is 0 Å². The van der Waals surface area contributed by atoms with Crippen LogP contribution in [0.3, 0.4) is 0 Å². The molecule has 3 aromatic rings. The van der Waals surface area contributed by atoms with Gasteiger partial charge in [0.25, 0.3) is 11.6 Å². The molecular formula is C18H20N6O3. The number of pyridine rings is 1. The van der Waals surface area contributed by atoms with Gasteiger partial charge in [-0.1, -0.05) is 12.1 Å². The number of rotatable bonds is 4. The van der Waals surface area contributed by atoms with Crippen molar-refractivity contribution >= 4 is 22.8 Å². The average Bonchev–Trinajstić information content (AvgIpc) is 3.15. The van der Waals surface area contributed by atoms with Crippen LogP contribution in [0.4, 0.5) is 5.82 Å². The van der Waals surface area contributed by atoms with Gasteiger partial charge in [-0.05, 0) is 12.5 Å². The Balaban J connectivity index is 1.47. The molecule has 1 amide bonds. The van der Waals surface area contributed by atoms with Crippen molar-refractivity contribution in [2.45, 2.75) is 13.3 Å². The lowest BCUT2D eigenvalue weighted by atomic mass is 10.1. The summed E-state index contributed by atoms with van der Waals surface area (Å²) in [5, 5.41) is 4.79. The van der Waals surface area contributed by atoms with Crippen LogP contribution in [0.15, 0.2) is 29.2 Å². The zero-order chi connectivity index (χ0) is 18.8. The first-order chi connectivity index (χ1) is 13.2. The molecule has 4 rings (SSSR count). The van der Waals surface area contributed by atoms with Gasteiger partial charge >= 0.3 is 0 Å². The molecule has 1 fully saturated rings. The predicted octanol–water partition coefficient (Wildman–Crippen LogP) is 1.55. The van der Waals surface area contributed by atoms with E-state index in [1.807, 2.05) is 17.9 Å². The number of piperazine rings is 1. The van der Waals surface area contributed by atoms with Crippen molar-refractivity contribution in [2.24, 2.45) is 0 Å². The molecule has 9 nitrogen and oxygen atoms in total. The van der Waals surface area contributed by atoms with Crippen LogP contribution >= 0.6 is 0 Å². The number of amides is 1. The lowest BCUT2D eigenvalue weighted by Crippen LogP contribution is -2.49. The number of methoxy groups -OCH3 is 1. The normalized spacial score (nSPS) is 14.6. The predicted molar refractivity (Wildman–Crippen MR) is 97.9 cm³/mol. The third-order valence-corrected chi connectivity index (χ3v) is 4.69. The van der Waals surface area contributed by atoms with Gasteiger partial charge in [0, 0.05) is 32.4 Å². The fourth-order valence-electron chi connectivity index (χ4n) is 3.16. The summed E-state index contributed by atoms with van der Waals surface area (Å²) in [6.45, 7) is 4.54. The number of carbonyl (C=O) groups excluding carboxylic acids is 1. The first kappa shape index (κ1) is 17.2. The van der Waals surface area contributed by atoms with Crippen molar-refractivity contribution in [3.05, 3.63) is 35.9 Å². The monoisotopic (exact) mass is 368 g/mol. The smallest absolute Gasteiger partial charge is 0.257 e. The Bertz CT molecular complexity index is 965. The van der Waals surface area contributed by atoms with E-state index in [9.17, 15) is 4.79 Å². The Morgan fingerprint density at radius 2 is 2.04 bits per heavy atom. The SMILES string of the molecule is CCc1noc2ncc(C(=O)N3CCN(c4cncc(OC)n4)CC3)cc12. The van der Waals surface area contributed by atoms with Gasteiger partial charge in [-0.3, -0.25) is 9.78 Å². The van der Waals surface area contributed by atoms with E-state index in [0.717, 1.165) is 23.3 Å². The third kappa shape index (κ3) is 3.27. The van der Waals surface area contributed by atoms with Crippen molar-refractivity contribution in [1.29, 1.82) is 0 Å². The molecule has 1 aliphatic heterocycles. The maximum atomic E-state index is 12.9. The van der Waals surface area contributed by atoms with Crippen molar-refractivity contribution < 1.29 is 14.1 Å². The van der Waals surface area contributed by atoms with E-state index in [1.54, 1.807) is 25.7 Å². The number of hydrogen-bond acceptors (Lipinski definition) is 8. The summed E-state index contributed by atoms with van der Waals surface area (Å²) in [5.74, 6) is 1.19. The zero-order valence-electron chi connectivity index (χ0n) is 15.3. The van der Waals surface area contributed by atoms with Crippen LogP contribution in [0.25, 0.3) is 11.1 Å². The highest BCUT2D eigenvalue weighted by Gasteiger charge is 2.24. The summed E-state index contributed by atoms with van der Waals surface area (Å²) < 4.78 is 10.3. The minimum atomic E-state index is -0.0379. The highest BCUT2D eigenvalue weighted by Crippen LogP contribution is 2.20. The standard InChI is InChI=1S/C18H20N6O3/c1-3-14-13-8-12(9-20-17(13)27-22-14)18(25)24-6-4-23(5-7-24)15-10-19-11-16(21-15)26-2/h8-11H,3-7H2,1-2H3. The summed E-state index contributed by atoms with van der Waals surface area (Å²) >= 11 is 0. The molecule has 0 aromatic carbocycles. The quantitative estimate of drug-likeness (QED) is 0.684. The highest BCUT2D eigenvalue weighted by atomic mass is 16.5. The molecule has 0 unspecified atom stereocenters. The number of aryl methyl sites for hydroxylation is 1. The Labute approximate surface area is 156 Å². The number of fused-ring (bicyclic) bond motifs is 1. The summed E-state index contributed by atoms with van der Waals surface area (Å²) in [6, 6.07) is 1.82. The molecule has 27 heavy (non-hydrogen) atoms. The fraction of sp³-hybridized carbons (Fsp3) is 0.389. The van der Waals surface area contributed by atoms with Gasteiger partial charge in [-0.25, -0.2) is 4.98 Å². The van der Waals surface area contributed by atoms with Crippen molar-refractivity contribution in [3.63, 3.8) is 0 Å². The minimum absolute atomic E-state index is 0.0379. The molecule has 0 spiro atoms. The Morgan fingerprint density at radius 1 is 1.22 bits per heavy atom. The van der Waals surface area contributed by atoms with E-state index < -0.39 is 0 Å². The molecule has 0 atom stereocenters. The molecule has 1 aliphatic rings. The van der Waals surface area contributed by atoms with Gasteiger partial charge in [0.05, 0.1) is 36.1 Å². The maximum Gasteiger partial charge on any atom is 0.257 e. The van der Waals surface area contributed by atoms with Crippen LogP contribution < -0.4 is 9.64 Å². The number of ether oxygens (including phenoxy) is 1. The maximum absolute atomic E-state index is 12.9. The number of anilines is 1. The average molecular weight is 368 g/mol. The molecule has 3 aromatic heterocycles. The van der Waals surface area contributed by atoms with E-state index in [-0.39, 0.29) is 5.91 Å². The van der Waals surface area contributed by atoms with E-state index in [0.29, 0.717) is 43.3 Å². The van der Waals surface area contributed by atoms with Crippen LogP contribution in [-0.2, 0) is 6.42 Å². The molecule has 0 N–H and O–H groups in total. The molecule has 9 heteroatoms. The van der Waals surface area contributed by atoms with Gasteiger partial charge in [0.15, 0.2) is 5.82 Å². The Kier molecular flexibility index (Phi) is 4.57. The van der Waals surface area contributed by atoms with E-state index in [4.69, 9.17) is 9.26 Å². The van der Waals surface area contributed by atoms with Crippen LogP contribution in [0.5, 0.6) is 5.88 Å². The number of aromatic nitrogens is 4. The number of nitrogens with zero attached hydrogens (tertiary/aromatic N) is 6. The van der Waals surface area contributed by atoms with E-state index in [1.165, 1.54) is 0 Å². The summed E-state index contributed by atoms with van der Waals surface area (Å²) in [7, 11) is 1.56. The van der Waals surface area contributed by atoms with Crippen molar-refractivity contribution in [1.82, 2.24) is 25.0 Å². The van der Waals surface area contributed by atoms with Gasteiger partial charge in [0.2, 0.25) is 5.88 Å². The van der Waals surface area contributed by atoms with Crippen molar-refractivity contribution in [2.75, 3.05) is 38.2 Å². The Hall–Kier alpha value is -3.23. The summed E-state index contributed by atoms with van der Waals surface area (Å²) in [5.41, 5.74) is 1.83. The first-order valence-electron chi connectivity index (χ1n) is 8.84. The third-order valence-electron chi connectivity index (χ3n) is 4.69. The van der Waals surface area contributed by atoms with Crippen LogP contribution in [0, 0.1) is 0 Å². The van der Waals surface area contributed by atoms with Gasteiger partial charge < -0.3 is 19.1 Å². The first-order valence-corrected chi connectivity index (χ1v) is 8.84. The van der Waals surface area contributed by atoms with Gasteiger partial charge in [0.1, 0.15) is 0 Å². The highest BCUT2D eigenvalue weighted by molar-refractivity contribution is 5.97. The van der Waals surface area contributed by atoms with Crippen molar-refractivity contribution in [3.8, 4) is 5.88 Å². The fourth-order valence-corrected chi connectivity index (χ4v) is 3.16. The second kappa shape index (κ2) is 7.18. The largest absolute Gasteiger partial charge is 0.480 e. The van der Waals surface area contributed by atoms with Crippen LogP contribution in [-0.4, -0.2) is 64.2 Å². The summed E-state index contributed by atoms with van der Waals surface area (Å²) in [4.78, 5) is 29.6. The molecule has 0 saturated carbocycles. The second-order valence-corrected chi connectivity index (χ2v) is 6.26. The molecule has 0 aliphatic carbocycles. The Morgan fingerprint density at radius 3 is 2.78 bits per heavy atom. The second-order valence-electron chi connectivity index (χ2n) is 6.26.